The van der Waals surface area contributed by atoms with Gasteiger partial charge >= 0.3 is 6.03 Å². The summed E-state index contributed by atoms with van der Waals surface area (Å²) in [5, 5.41) is 6.80. The number of aryl methyl sites for hydroxylation is 1. The molecule has 1 aromatic heterocycles. The van der Waals surface area contributed by atoms with E-state index in [0.29, 0.717) is 13.1 Å². The van der Waals surface area contributed by atoms with Crippen molar-refractivity contribution >= 4 is 6.03 Å². The summed E-state index contributed by atoms with van der Waals surface area (Å²) in [7, 11) is 1.65. The largest absolute Gasteiger partial charge is 0.497 e. The molecule has 1 saturated heterocycles. The molecule has 1 aliphatic heterocycles. The smallest absolute Gasteiger partial charge is 0.318 e. The molecular formula is C24H35N3O3. The van der Waals surface area contributed by atoms with E-state index in [4.69, 9.17) is 9.15 Å². The third-order valence-corrected chi connectivity index (χ3v) is 5.60. The molecule has 0 unspecified atom stereocenters. The topological polar surface area (TPSA) is 66.7 Å². The predicted octanol–water partition coefficient (Wildman–Crippen LogP) is 4.62. The number of nitrogens with zero attached hydrogens (tertiary/aromatic N) is 1. The van der Waals surface area contributed by atoms with Gasteiger partial charge in [0.05, 0.1) is 13.7 Å². The van der Waals surface area contributed by atoms with Crippen LogP contribution in [-0.4, -0.2) is 35.2 Å². The molecular weight excluding hydrogens is 378 g/mol. The summed E-state index contributed by atoms with van der Waals surface area (Å²) in [5.74, 6) is 2.47. The van der Waals surface area contributed by atoms with Crippen molar-refractivity contribution in [3.63, 3.8) is 0 Å². The Bertz CT molecular complexity index is 839. The SMILES string of the molecule is COc1ccc(CNC(=O)N(Cc2ccc(C)o2)C2CC(C)(C)NC(C)(C)C2)cc1. The van der Waals surface area contributed by atoms with Crippen LogP contribution in [0, 0.1) is 6.92 Å². The van der Waals surface area contributed by atoms with Gasteiger partial charge in [-0.3, -0.25) is 0 Å². The van der Waals surface area contributed by atoms with Crippen LogP contribution in [0.4, 0.5) is 4.79 Å². The zero-order valence-corrected chi connectivity index (χ0v) is 19.0. The Hall–Kier alpha value is -2.47. The Morgan fingerprint density at radius 3 is 2.30 bits per heavy atom. The number of ether oxygens (including phenoxy) is 1. The molecule has 1 aliphatic rings. The van der Waals surface area contributed by atoms with Crippen LogP contribution in [0.3, 0.4) is 0 Å². The van der Waals surface area contributed by atoms with Crippen molar-refractivity contribution in [2.24, 2.45) is 0 Å². The number of piperidine rings is 1. The van der Waals surface area contributed by atoms with E-state index in [1.807, 2.05) is 48.2 Å². The Morgan fingerprint density at radius 1 is 1.13 bits per heavy atom. The van der Waals surface area contributed by atoms with Gasteiger partial charge in [0.1, 0.15) is 17.3 Å². The van der Waals surface area contributed by atoms with Crippen LogP contribution >= 0.6 is 0 Å². The van der Waals surface area contributed by atoms with E-state index >= 15 is 0 Å². The van der Waals surface area contributed by atoms with E-state index in [1.54, 1.807) is 7.11 Å². The second kappa shape index (κ2) is 8.72. The van der Waals surface area contributed by atoms with Crippen LogP contribution in [0.15, 0.2) is 40.8 Å². The van der Waals surface area contributed by atoms with Gasteiger partial charge in [0.25, 0.3) is 0 Å². The van der Waals surface area contributed by atoms with E-state index < -0.39 is 0 Å². The van der Waals surface area contributed by atoms with Crippen LogP contribution in [0.25, 0.3) is 0 Å². The van der Waals surface area contributed by atoms with Gasteiger partial charge in [-0.1, -0.05) is 12.1 Å². The van der Waals surface area contributed by atoms with Gasteiger partial charge < -0.3 is 24.7 Å². The molecule has 1 fully saturated rings. The van der Waals surface area contributed by atoms with Gasteiger partial charge in [-0.15, -0.1) is 0 Å². The fourth-order valence-electron chi connectivity index (χ4n) is 4.62. The Kier molecular flexibility index (Phi) is 6.46. The maximum atomic E-state index is 13.3. The molecule has 2 aromatic rings. The summed E-state index contributed by atoms with van der Waals surface area (Å²) in [6, 6.07) is 11.7. The molecule has 2 amide bonds. The third kappa shape index (κ3) is 5.79. The molecule has 0 spiro atoms. The van der Waals surface area contributed by atoms with Gasteiger partial charge in [-0.05, 0) is 77.3 Å². The highest BCUT2D eigenvalue weighted by atomic mass is 16.5. The number of hydrogen-bond donors (Lipinski definition) is 2. The molecule has 30 heavy (non-hydrogen) atoms. The molecule has 6 nitrogen and oxygen atoms in total. The van der Waals surface area contributed by atoms with E-state index in [1.165, 1.54) is 0 Å². The number of amides is 2. The van der Waals surface area contributed by atoms with E-state index in [-0.39, 0.29) is 23.2 Å². The van der Waals surface area contributed by atoms with Gasteiger partial charge in [0.15, 0.2) is 0 Å². The normalized spacial score (nSPS) is 18.1. The maximum Gasteiger partial charge on any atom is 0.318 e. The summed E-state index contributed by atoms with van der Waals surface area (Å²) >= 11 is 0. The number of urea groups is 1. The molecule has 1 aromatic carbocycles. The van der Waals surface area contributed by atoms with Crippen molar-refractivity contribution in [2.45, 2.75) is 77.7 Å². The summed E-state index contributed by atoms with van der Waals surface area (Å²) in [5.41, 5.74) is 0.920. The fourth-order valence-corrected chi connectivity index (χ4v) is 4.62. The number of benzene rings is 1. The minimum Gasteiger partial charge on any atom is -0.497 e. The third-order valence-electron chi connectivity index (χ3n) is 5.60. The summed E-state index contributed by atoms with van der Waals surface area (Å²) in [6.45, 7) is 11.6. The first-order valence-corrected chi connectivity index (χ1v) is 10.6. The van der Waals surface area contributed by atoms with Crippen molar-refractivity contribution in [3.8, 4) is 5.75 Å². The quantitative estimate of drug-likeness (QED) is 0.725. The standard InChI is InChI=1S/C24H35N3O3/c1-17-7-10-21(30-17)16-27(19-13-23(2,3)26-24(4,5)14-19)22(28)25-15-18-8-11-20(29-6)12-9-18/h7-12,19,26H,13-16H2,1-6H3,(H,25,28). The first-order chi connectivity index (χ1) is 14.1. The number of hydrogen-bond acceptors (Lipinski definition) is 4. The molecule has 0 bridgehead atoms. The second-order valence-electron chi connectivity index (χ2n) is 9.60. The van der Waals surface area contributed by atoms with Crippen molar-refractivity contribution < 1.29 is 13.9 Å². The predicted molar refractivity (Wildman–Crippen MR) is 119 cm³/mol. The van der Waals surface area contributed by atoms with Crippen LogP contribution in [0.2, 0.25) is 0 Å². The molecule has 0 saturated carbocycles. The van der Waals surface area contributed by atoms with Crippen molar-refractivity contribution in [3.05, 3.63) is 53.5 Å². The molecule has 164 valence electrons. The van der Waals surface area contributed by atoms with Crippen LogP contribution < -0.4 is 15.4 Å². The lowest BCUT2D eigenvalue weighted by molar-refractivity contribution is 0.0754. The van der Waals surface area contributed by atoms with Crippen molar-refractivity contribution in [1.82, 2.24) is 15.5 Å². The molecule has 0 atom stereocenters. The van der Waals surface area contributed by atoms with Gasteiger partial charge in [-0.25, -0.2) is 4.79 Å². The number of rotatable bonds is 6. The second-order valence-corrected chi connectivity index (χ2v) is 9.60. The maximum absolute atomic E-state index is 13.3. The minimum atomic E-state index is -0.0710. The highest BCUT2D eigenvalue weighted by Gasteiger charge is 2.41. The van der Waals surface area contributed by atoms with Crippen LogP contribution in [0.1, 0.15) is 57.6 Å². The lowest BCUT2D eigenvalue weighted by Crippen LogP contribution is -2.63. The van der Waals surface area contributed by atoms with E-state index in [0.717, 1.165) is 35.7 Å². The number of carbonyl (C=O) groups excluding carboxylic acids is 1. The molecule has 0 radical (unpaired) electrons. The number of nitrogens with one attached hydrogen (secondary N) is 2. The van der Waals surface area contributed by atoms with Crippen LogP contribution in [0.5, 0.6) is 5.75 Å². The van der Waals surface area contributed by atoms with Crippen molar-refractivity contribution in [1.29, 1.82) is 0 Å². The Morgan fingerprint density at radius 2 is 1.77 bits per heavy atom. The first-order valence-electron chi connectivity index (χ1n) is 10.6. The van der Waals surface area contributed by atoms with Crippen molar-refractivity contribution in [2.75, 3.05) is 7.11 Å². The molecule has 0 aliphatic carbocycles. The van der Waals surface area contributed by atoms with Gasteiger partial charge in [0, 0.05) is 23.7 Å². The number of methoxy groups -OCH3 is 1. The van der Waals surface area contributed by atoms with E-state index in [2.05, 4.69) is 38.3 Å². The fraction of sp³-hybridized carbons (Fsp3) is 0.542. The zero-order chi connectivity index (χ0) is 21.9. The Balaban J connectivity index is 1.76. The zero-order valence-electron chi connectivity index (χ0n) is 19.0. The summed E-state index contributed by atoms with van der Waals surface area (Å²) < 4.78 is 11.0. The Labute approximate surface area is 180 Å². The average Bonchev–Trinajstić information content (AvgIpc) is 3.07. The molecule has 6 heteroatoms. The number of carbonyl (C=O) groups is 1. The molecule has 2 N–H and O–H groups in total. The van der Waals surface area contributed by atoms with Gasteiger partial charge in [0.2, 0.25) is 0 Å². The van der Waals surface area contributed by atoms with Gasteiger partial charge in [-0.2, -0.15) is 0 Å². The van der Waals surface area contributed by atoms with Crippen LogP contribution in [-0.2, 0) is 13.1 Å². The van der Waals surface area contributed by atoms with E-state index in [9.17, 15) is 4.79 Å². The summed E-state index contributed by atoms with van der Waals surface area (Å²) in [6.07, 6.45) is 1.76. The molecule has 3 rings (SSSR count). The lowest BCUT2D eigenvalue weighted by Gasteiger charge is -2.49. The first kappa shape index (κ1) is 22.2. The number of furan rings is 1. The molecule has 2 heterocycles. The highest BCUT2D eigenvalue weighted by molar-refractivity contribution is 5.74. The average molecular weight is 414 g/mol. The monoisotopic (exact) mass is 413 g/mol. The minimum absolute atomic E-state index is 0.0555. The lowest BCUT2D eigenvalue weighted by atomic mass is 9.79. The highest BCUT2D eigenvalue weighted by Crippen LogP contribution is 2.32. The summed E-state index contributed by atoms with van der Waals surface area (Å²) in [4.78, 5) is 15.2.